The highest BCUT2D eigenvalue weighted by molar-refractivity contribution is 5.90. The first-order chi connectivity index (χ1) is 28.9. The van der Waals surface area contributed by atoms with Crippen LogP contribution in [0.25, 0.3) is 0 Å². The number of nitrogens with zero attached hydrogens (tertiary/aromatic N) is 3. The van der Waals surface area contributed by atoms with Crippen molar-refractivity contribution in [2.45, 2.75) is 130 Å². The van der Waals surface area contributed by atoms with Crippen molar-refractivity contribution in [1.82, 2.24) is 25.3 Å². The zero-order chi connectivity index (χ0) is 45.6. The molecule has 1 unspecified atom stereocenters. The number of carbonyl (C=O) groups excluding carboxylic acids is 5. The molecule has 0 aromatic heterocycles. The monoisotopic (exact) mass is 851 g/mol. The Labute approximate surface area is 364 Å². The van der Waals surface area contributed by atoms with Gasteiger partial charge in [-0.15, -0.1) is 0 Å². The SMILES string of the molecule is CC[C@H](C)[C@@H]([C@@H](CC(=O)N1CCC[C@H]1[C@H](OC)[C@@H](C)C(=O)N[C@@H](Cc1ccccc1)C(=O)OC)OC)N(C)C(=O)C(NC(=O)[C@H](C(C)C)N(C)Cc1cccc(N)c1)C(C)C. The molecular formula is C47H74N6O8. The second-order valence-corrected chi connectivity index (χ2v) is 17.4. The van der Waals surface area contributed by atoms with E-state index in [9.17, 15) is 24.0 Å². The van der Waals surface area contributed by atoms with E-state index in [-0.39, 0.29) is 54.2 Å². The van der Waals surface area contributed by atoms with Crippen LogP contribution in [0.3, 0.4) is 0 Å². The lowest BCUT2D eigenvalue weighted by Gasteiger charge is -2.41. The van der Waals surface area contributed by atoms with Gasteiger partial charge in [0.05, 0.1) is 49.8 Å². The number of benzene rings is 2. The maximum Gasteiger partial charge on any atom is 0.328 e. The van der Waals surface area contributed by atoms with Gasteiger partial charge >= 0.3 is 5.97 Å². The molecule has 0 spiro atoms. The highest BCUT2D eigenvalue weighted by atomic mass is 16.5. The molecular weight excluding hydrogens is 777 g/mol. The number of nitrogens with two attached hydrogens (primary N) is 1. The van der Waals surface area contributed by atoms with Crippen molar-refractivity contribution in [1.29, 1.82) is 0 Å². The number of carbonyl (C=O) groups is 5. The van der Waals surface area contributed by atoms with Gasteiger partial charge in [0.25, 0.3) is 0 Å². The van der Waals surface area contributed by atoms with Crippen molar-refractivity contribution < 1.29 is 38.2 Å². The van der Waals surface area contributed by atoms with Gasteiger partial charge in [0, 0.05) is 46.5 Å². The average molecular weight is 851 g/mol. The quantitative estimate of drug-likeness (QED) is 0.105. The van der Waals surface area contributed by atoms with Gasteiger partial charge in [0.1, 0.15) is 12.1 Å². The number of nitrogen functional groups attached to an aromatic ring is 1. The Morgan fingerprint density at radius 1 is 0.852 bits per heavy atom. The first kappa shape index (κ1) is 50.8. The second kappa shape index (κ2) is 24.2. The van der Waals surface area contributed by atoms with Crippen LogP contribution < -0.4 is 16.4 Å². The molecule has 1 fully saturated rings. The van der Waals surface area contributed by atoms with Crippen LogP contribution in [0.2, 0.25) is 0 Å². The van der Waals surface area contributed by atoms with Crippen LogP contribution in [0.4, 0.5) is 5.69 Å². The molecule has 14 nitrogen and oxygen atoms in total. The van der Waals surface area contributed by atoms with E-state index in [0.717, 1.165) is 17.5 Å². The Bertz CT molecular complexity index is 1730. The molecule has 1 aliphatic heterocycles. The predicted molar refractivity (Wildman–Crippen MR) is 238 cm³/mol. The maximum absolute atomic E-state index is 14.5. The van der Waals surface area contributed by atoms with Gasteiger partial charge < -0.3 is 40.4 Å². The van der Waals surface area contributed by atoms with E-state index < -0.39 is 54.3 Å². The Morgan fingerprint density at radius 3 is 2.07 bits per heavy atom. The summed E-state index contributed by atoms with van der Waals surface area (Å²) in [5.41, 5.74) is 8.53. The molecule has 0 aliphatic carbocycles. The van der Waals surface area contributed by atoms with Crippen LogP contribution in [0, 0.1) is 23.7 Å². The van der Waals surface area contributed by atoms with E-state index in [4.69, 9.17) is 19.9 Å². The molecule has 1 saturated heterocycles. The van der Waals surface area contributed by atoms with E-state index >= 15 is 0 Å². The number of nitrogens with one attached hydrogen (secondary N) is 2. The predicted octanol–water partition coefficient (Wildman–Crippen LogP) is 4.69. The van der Waals surface area contributed by atoms with Gasteiger partial charge in [0.15, 0.2) is 0 Å². The van der Waals surface area contributed by atoms with Crippen molar-refractivity contribution in [3.05, 3.63) is 65.7 Å². The first-order valence-corrected chi connectivity index (χ1v) is 21.8. The molecule has 1 heterocycles. The van der Waals surface area contributed by atoms with E-state index in [0.29, 0.717) is 31.6 Å². The summed E-state index contributed by atoms with van der Waals surface area (Å²) in [6.45, 7) is 14.6. The normalized spacial score (nSPS) is 18.1. The van der Waals surface area contributed by atoms with Gasteiger partial charge in [-0.05, 0) is 60.9 Å². The molecule has 0 saturated carbocycles. The first-order valence-electron chi connectivity index (χ1n) is 21.8. The lowest BCUT2D eigenvalue weighted by molar-refractivity contribution is -0.149. The standard InChI is InChI=1S/C47H74N6O8/c1-13-31(6)42(52(9)46(57)40(29(2)3)50-45(56)41(30(4)5)51(8)28-34-21-17-22-35(48)25-34)38(59-10)27-39(54)53-24-18-23-37(53)43(60-11)32(7)44(55)49-36(47(58)61-12)26-33-19-15-14-16-20-33/h14-17,19-22,25,29-32,36-38,40-43H,13,18,23-24,26-28,48H2,1-12H3,(H,49,55)(H,50,56)/t31-,32+,36-,37-,38+,40?,41-,42-,43+/m0/s1. The molecule has 61 heavy (non-hydrogen) atoms. The van der Waals surface area contributed by atoms with Gasteiger partial charge in [-0.1, -0.05) is 97.4 Å². The van der Waals surface area contributed by atoms with Crippen molar-refractivity contribution >= 4 is 35.3 Å². The molecule has 1 aliphatic rings. The van der Waals surface area contributed by atoms with Gasteiger partial charge in [-0.2, -0.15) is 0 Å². The highest BCUT2D eigenvalue weighted by Crippen LogP contribution is 2.30. The van der Waals surface area contributed by atoms with Crippen LogP contribution in [-0.4, -0.2) is 129 Å². The minimum absolute atomic E-state index is 0.0128. The summed E-state index contributed by atoms with van der Waals surface area (Å²) in [4.78, 5) is 74.8. The van der Waals surface area contributed by atoms with E-state index in [1.807, 2.05) is 108 Å². The minimum atomic E-state index is -0.901. The lowest BCUT2D eigenvalue weighted by atomic mass is 9.89. The maximum atomic E-state index is 14.5. The van der Waals surface area contributed by atoms with Gasteiger partial charge in [0.2, 0.25) is 23.6 Å². The number of ether oxygens (including phenoxy) is 3. The third-order valence-corrected chi connectivity index (χ3v) is 12.3. The Hall–Kier alpha value is -4.53. The fourth-order valence-corrected chi connectivity index (χ4v) is 8.86. The minimum Gasteiger partial charge on any atom is -0.467 e. The summed E-state index contributed by atoms with van der Waals surface area (Å²) in [7, 11) is 7.99. The molecule has 4 amide bonds. The molecule has 2 aromatic carbocycles. The topological polar surface area (TPSA) is 173 Å². The van der Waals surface area contributed by atoms with E-state index in [1.54, 1.807) is 30.9 Å². The lowest BCUT2D eigenvalue weighted by Crippen LogP contribution is -2.60. The number of methoxy groups -OCH3 is 3. The number of amides is 4. The van der Waals surface area contributed by atoms with Crippen LogP contribution in [0.5, 0.6) is 0 Å². The van der Waals surface area contributed by atoms with Crippen LogP contribution in [0.15, 0.2) is 54.6 Å². The smallest absolute Gasteiger partial charge is 0.328 e. The molecule has 3 rings (SSSR count). The van der Waals surface area contributed by atoms with Crippen molar-refractivity contribution in [3.8, 4) is 0 Å². The number of likely N-dealkylation sites (tertiary alicyclic amines) is 1. The highest BCUT2D eigenvalue weighted by Gasteiger charge is 2.43. The van der Waals surface area contributed by atoms with Crippen LogP contribution in [0.1, 0.15) is 85.3 Å². The van der Waals surface area contributed by atoms with Gasteiger partial charge in [-0.25, -0.2) is 4.79 Å². The molecule has 9 atom stereocenters. The molecule has 14 heteroatoms. The third kappa shape index (κ3) is 13.7. The second-order valence-electron chi connectivity index (χ2n) is 17.4. The fraction of sp³-hybridized carbons (Fsp3) is 0.638. The summed E-state index contributed by atoms with van der Waals surface area (Å²) in [6.07, 6.45) is 0.966. The number of rotatable bonds is 23. The number of hydrogen-bond donors (Lipinski definition) is 3. The third-order valence-electron chi connectivity index (χ3n) is 12.3. The summed E-state index contributed by atoms with van der Waals surface area (Å²) in [5, 5.41) is 5.97. The molecule has 2 aromatic rings. The van der Waals surface area contributed by atoms with Crippen LogP contribution >= 0.6 is 0 Å². The van der Waals surface area contributed by atoms with E-state index in [1.165, 1.54) is 14.2 Å². The van der Waals surface area contributed by atoms with Crippen molar-refractivity contribution in [2.75, 3.05) is 47.7 Å². The molecule has 4 N–H and O–H groups in total. The number of esters is 1. The Morgan fingerprint density at radius 2 is 1.51 bits per heavy atom. The Kier molecular flexibility index (Phi) is 20.2. The number of likely N-dealkylation sites (N-methyl/N-ethyl adjacent to an activating group) is 2. The largest absolute Gasteiger partial charge is 0.467 e. The van der Waals surface area contributed by atoms with Crippen molar-refractivity contribution in [3.63, 3.8) is 0 Å². The summed E-state index contributed by atoms with van der Waals surface area (Å²) >= 11 is 0. The molecule has 0 bridgehead atoms. The summed E-state index contributed by atoms with van der Waals surface area (Å²) in [5.74, 6) is -2.68. The van der Waals surface area contributed by atoms with Gasteiger partial charge in [-0.3, -0.25) is 24.1 Å². The van der Waals surface area contributed by atoms with Crippen LogP contribution in [-0.2, 0) is 51.1 Å². The number of anilines is 1. The molecule has 0 radical (unpaired) electrons. The average Bonchev–Trinajstić information content (AvgIpc) is 3.71. The number of hydrogen-bond acceptors (Lipinski definition) is 10. The fourth-order valence-electron chi connectivity index (χ4n) is 8.86. The zero-order valence-electron chi connectivity index (χ0n) is 38.7. The van der Waals surface area contributed by atoms with Crippen molar-refractivity contribution in [2.24, 2.45) is 23.7 Å². The Balaban J connectivity index is 1.79. The molecule has 340 valence electrons. The summed E-state index contributed by atoms with van der Waals surface area (Å²) < 4.78 is 17.0. The zero-order valence-corrected chi connectivity index (χ0v) is 38.7. The van der Waals surface area contributed by atoms with E-state index in [2.05, 4.69) is 10.6 Å². The summed E-state index contributed by atoms with van der Waals surface area (Å²) in [6, 6.07) is 13.8.